The Balaban J connectivity index is 1.80. The second kappa shape index (κ2) is 4.90. The van der Waals surface area contributed by atoms with Crippen LogP contribution in [0.5, 0.6) is 0 Å². The summed E-state index contributed by atoms with van der Waals surface area (Å²) in [4.78, 5) is 8.26. The lowest BCUT2D eigenvalue weighted by Gasteiger charge is -2.10. The Kier molecular flexibility index (Phi) is 3.53. The van der Waals surface area contributed by atoms with Gasteiger partial charge < -0.3 is 10.4 Å². The van der Waals surface area contributed by atoms with Crippen molar-refractivity contribution >= 4 is 21.7 Å². The number of anilines is 1. The summed E-state index contributed by atoms with van der Waals surface area (Å²) in [6.07, 6.45) is 6.20. The average molecular weight is 272 g/mol. The van der Waals surface area contributed by atoms with Crippen molar-refractivity contribution in [1.29, 1.82) is 0 Å². The molecule has 0 aromatic carbocycles. The second-order valence-corrected chi connectivity index (χ2v) is 4.75. The van der Waals surface area contributed by atoms with Crippen molar-refractivity contribution in [3.8, 4) is 0 Å². The molecule has 5 heteroatoms. The van der Waals surface area contributed by atoms with Gasteiger partial charge in [0.1, 0.15) is 10.4 Å². The third-order valence-corrected chi connectivity index (χ3v) is 3.12. The molecule has 1 aromatic rings. The minimum Gasteiger partial charge on any atom is -0.393 e. The zero-order chi connectivity index (χ0) is 10.7. The summed E-state index contributed by atoms with van der Waals surface area (Å²) in [6.45, 7) is 0.868. The van der Waals surface area contributed by atoms with Crippen LogP contribution in [0.1, 0.15) is 19.3 Å². The summed E-state index contributed by atoms with van der Waals surface area (Å²) in [5.41, 5.74) is 0. The van der Waals surface area contributed by atoms with Gasteiger partial charge in [0.05, 0.1) is 18.5 Å². The highest BCUT2D eigenvalue weighted by Gasteiger charge is 2.22. The molecule has 2 N–H and O–H groups in total. The Labute approximate surface area is 97.3 Å². The third kappa shape index (κ3) is 3.14. The van der Waals surface area contributed by atoms with Crippen molar-refractivity contribution in [3.05, 3.63) is 17.0 Å². The molecule has 1 heterocycles. The van der Waals surface area contributed by atoms with Gasteiger partial charge in [-0.25, -0.2) is 9.97 Å². The summed E-state index contributed by atoms with van der Waals surface area (Å²) >= 11 is 3.24. The molecular formula is C10H14BrN3O. The minimum absolute atomic E-state index is 0.104. The van der Waals surface area contributed by atoms with Gasteiger partial charge in [-0.3, -0.25) is 0 Å². The first kappa shape index (κ1) is 10.8. The highest BCUT2D eigenvalue weighted by molar-refractivity contribution is 9.10. The molecule has 15 heavy (non-hydrogen) atoms. The molecule has 1 saturated carbocycles. The average Bonchev–Trinajstić information content (AvgIpc) is 2.64. The first-order valence-electron chi connectivity index (χ1n) is 5.13. The Hall–Kier alpha value is -0.680. The van der Waals surface area contributed by atoms with E-state index < -0.39 is 0 Å². The summed E-state index contributed by atoms with van der Waals surface area (Å²) < 4.78 is 0.740. The van der Waals surface area contributed by atoms with Crippen molar-refractivity contribution in [2.75, 3.05) is 11.9 Å². The van der Waals surface area contributed by atoms with E-state index in [0.29, 0.717) is 5.92 Å². The third-order valence-electron chi connectivity index (χ3n) is 2.71. The molecular weight excluding hydrogens is 258 g/mol. The Morgan fingerprint density at radius 1 is 1.40 bits per heavy atom. The minimum atomic E-state index is -0.104. The topological polar surface area (TPSA) is 58.0 Å². The molecule has 2 rings (SSSR count). The van der Waals surface area contributed by atoms with Gasteiger partial charge in [0.2, 0.25) is 0 Å². The van der Waals surface area contributed by atoms with E-state index in [1.807, 2.05) is 0 Å². The van der Waals surface area contributed by atoms with Gasteiger partial charge in [-0.2, -0.15) is 0 Å². The van der Waals surface area contributed by atoms with Gasteiger partial charge >= 0.3 is 0 Å². The fourth-order valence-electron chi connectivity index (χ4n) is 1.89. The van der Waals surface area contributed by atoms with Crippen LogP contribution in [0.4, 0.5) is 5.82 Å². The zero-order valence-electron chi connectivity index (χ0n) is 8.36. The van der Waals surface area contributed by atoms with E-state index in [1.54, 1.807) is 12.4 Å². The van der Waals surface area contributed by atoms with Crippen molar-refractivity contribution in [2.45, 2.75) is 25.4 Å². The number of aromatic nitrogens is 2. The van der Waals surface area contributed by atoms with E-state index in [0.717, 1.165) is 36.2 Å². The number of hydrogen-bond donors (Lipinski definition) is 2. The fraction of sp³-hybridized carbons (Fsp3) is 0.600. The second-order valence-electron chi connectivity index (χ2n) is 3.94. The van der Waals surface area contributed by atoms with Crippen molar-refractivity contribution < 1.29 is 5.11 Å². The van der Waals surface area contributed by atoms with Gasteiger partial charge in [-0.05, 0) is 41.1 Å². The van der Waals surface area contributed by atoms with Gasteiger partial charge in [0.15, 0.2) is 0 Å². The van der Waals surface area contributed by atoms with Crippen LogP contribution in [0.15, 0.2) is 17.0 Å². The van der Waals surface area contributed by atoms with Crippen LogP contribution in [-0.2, 0) is 0 Å². The largest absolute Gasteiger partial charge is 0.393 e. The number of halogens is 1. The van der Waals surface area contributed by atoms with Gasteiger partial charge in [-0.15, -0.1) is 0 Å². The highest BCUT2D eigenvalue weighted by atomic mass is 79.9. The lowest BCUT2D eigenvalue weighted by molar-refractivity contribution is 0.178. The normalized spacial score (nSPS) is 25.5. The van der Waals surface area contributed by atoms with Crippen LogP contribution in [-0.4, -0.2) is 27.7 Å². The summed E-state index contributed by atoms with van der Waals surface area (Å²) in [5.74, 6) is 1.35. The van der Waals surface area contributed by atoms with E-state index in [-0.39, 0.29) is 6.10 Å². The van der Waals surface area contributed by atoms with Crippen LogP contribution >= 0.6 is 15.9 Å². The molecule has 0 amide bonds. The number of aliphatic hydroxyl groups excluding tert-OH is 1. The summed E-state index contributed by atoms with van der Waals surface area (Å²) in [6, 6.07) is 0. The van der Waals surface area contributed by atoms with E-state index in [9.17, 15) is 5.11 Å². The molecule has 82 valence electrons. The van der Waals surface area contributed by atoms with E-state index in [2.05, 4.69) is 31.2 Å². The molecule has 2 atom stereocenters. The molecule has 0 radical (unpaired) electrons. The number of hydrogen-bond acceptors (Lipinski definition) is 4. The Morgan fingerprint density at radius 2 is 2.27 bits per heavy atom. The van der Waals surface area contributed by atoms with Crippen molar-refractivity contribution in [2.24, 2.45) is 5.92 Å². The first-order valence-corrected chi connectivity index (χ1v) is 5.93. The van der Waals surface area contributed by atoms with Gasteiger partial charge in [0, 0.05) is 6.54 Å². The highest BCUT2D eigenvalue weighted by Crippen LogP contribution is 2.25. The molecule has 1 fully saturated rings. The van der Waals surface area contributed by atoms with Crippen molar-refractivity contribution in [3.63, 3.8) is 0 Å². The molecule has 0 spiro atoms. The monoisotopic (exact) mass is 271 g/mol. The maximum Gasteiger partial charge on any atom is 0.144 e. The molecule has 1 aromatic heterocycles. The molecule has 4 nitrogen and oxygen atoms in total. The van der Waals surface area contributed by atoms with Gasteiger partial charge in [0.25, 0.3) is 0 Å². The maximum atomic E-state index is 9.37. The Morgan fingerprint density at radius 3 is 2.87 bits per heavy atom. The molecule has 0 saturated heterocycles. The number of nitrogens with one attached hydrogen (secondary N) is 1. The van der Waals surface area contributed by atoms with Crippen LogP contribution in [0.3, 0.4) is 0 Å². The lowest BCUT2D eigenvalue weighted by Crippen LogP contribution is -2.13. The maximum absolute atomic E-state index is 9.37. The number of aliphatic hydroxyl groups is 1. The number of rotatable bonds is 3. The quantitative estimate of drug-likeness (QED) is 0.881. The summed E-state index contributed by atoms with van der Waals surface area (Å²) in [5, 5.41) is 12.6. The SMILES string of the molecule is OC1CCC(CNc2cnc(Br)cn2)C1. The number of nitrogens with zero attached hydrogens (tertiary/aromatic N) is 2. The van der Waals surface area contributed by atoms with Gasteiger partial charge in [-0.1, -0.05) is 0 Å². The molecule has 2 unspecified atom stereocenters. The molecule has 0 bridgehead atoms. The van der Waals surface area contributed by atoms with Crippen LogP contribution in [0, 0.1) is 5.92 Å². The predicted molar refractivity (Wildman–Crippen MR) is 61.6 cm³/mol. The predicted octanol–water partition coefficient (Wildman–Crippen LogP) is 1.81. The first-order chi connectivity index (χ1) is 7.24. The Bertz CT molecular complexity index is 317. The fourth-order valence-corrected chi connectivity index (χ4v) is 2.09. The lowest BCUT2D eigenvalue weighted by atomic mass is 10.1. The van der Waals surface area contributed by atoms with Crippen LogP contribution < -0.4 is 5.32 Å². The van der Waals surface area contributed by atoms with Crippen molar-refractivity contribution in [1.82, 2.24) is 9.97 Å². The van der Waals surface area contributed by atoms with Crippen LogP contribution in [0.25, 0.3) is 0 Å². The van der Waals surface area contributed by atoms with E-state index >= 15 is 0 Å². The smallest absolute Gasteiger partial charge is 0.144 e. The standard InChI is InChI=1S/C10H14BrN3O/c11-9-5-14-10(6-12-9)13-4-7-1-2-8(15)3-7/h5-8,15H,1-4H2,(H,13,14). The van der Waals surface area contributed by atoms with E-state index in [1.165, 1.54) is 0 Å². The van der Waals surface area contributed by atoms with E-state index in [4.69, 9.17) is 0 Å². The molecule has 1 aliphatic carbocycles. The summed E-state index contributed by atoms with van der Waals surface area (Å²) in [7, 11) is 0. The molecule has 0 aliphatic heterocycles. The van der Waals surface area contributed by atoms with Crippen LogP contribution in [0.2, 0.25) is 0 Å². The zero-order valence-corrected chi connectivity index (χ0v) is 9.94. The molecule has 1 aliphatic rings.